The fraction of sp³-hybridized carbons (Fsp3) is 0.667. The first kappa shape index (κ1) is 24.2. The third-order valence-corrected chi connectivity index (χ3v) is 5.13. The fourth-order valence-electron chi connectivity index (χ4n) is 3.40. The molecule has 0 amide bonds. The molecule has 1 heterocycles. The Hall–Kier alpha value is -0.860. The van der Waals surface area contributed by atoms with Crippen LogP contribution in [-0.2, 0) is 11.3 Å². The Morgan fingerprint density at radius 3 is 2.59 bits per heavy atom. The summed E-state index contributed by atoms with van der Waals surface area (Å²) in [6, 6.07) is 6.58. The highest BCUT2D eigenvalue weighted by atomic mass is 127. The number of aliphatic imine (C=N–C) groups is 1. The SMILES string of the molecule is CCNC(=NCc1ccc(C)cc1C)NCC1CCN(CCOC)CC1.I. The van der Waals surface area contributed by atoms with Crippen LogP contribution in [0.25, 0.3) is 0 Å². The highest BCUT2D eigenvalue weighted by Crippen LogP contribution is 2.16. The maximum Gasteiger partial charge on any atom is 0.191 e. The van der Waals surface area contributed by atoms with Gasteiger partial charge in [0.1, 0.15) is 0 Å². The molecule has 0 saturated carbocycles. The summed E-state index contributed by atoms with van der Waals surface area (Å²) in [6.45, 7) is 13.2. The van der Waals surface area contributed by atoms with Crippen LogP contribution in [0.1, 0.15) is 36.5 Å². The van der Waals surface area contributed by atoms with Gasteiger partial charge in [0.2, 0.25) is 0 Å². The number of aryl methyl sites for hydroxylation is 2. The number of nitrogens with zero attached hydrogens (tertiary/aromatic N) is 2. The van der Waals surface area contributed by atoms with E-state index in [9.17, 15) is 0 Å². The lowest BCUT2D eigenvalue weighted by molar-refractivity contribution is 0.121. The van der Waals surface area contributed by atoms with Crippen molar-refractivity contribution in [2.24, 2.45) is 10.9 Å². The molecule has 1 aliphatic heterocycles. The Morgan fingerprint density at radius 2 is 1.96 bits per heavy atom. The van der Waals surface area contributed by atoms with Crippen LogP contribution < -0.4 is 10.6 Å². The molecule has 0 unspecified atom stereocenters. The van der Waals surface area contributed by atoms with Gasteiger partial charge in [-0.3, -0.25) is 0 Å². The molecule has 0 bridgehead atoms. The van der Waals surface area contributed by atoms with E-state index in [0.717, 1.165) is 44.7 Å². The molecule has 154 valence electrons. The number of nitrogens with one attached hydrogen (secondary N) is 2. The van der Waals surface area contributed by atoms with Gasteiger partial charge in [0.25, 0.3) is 0 Å². The van der Waals surface area contributed by atoms with Crippen molar-refractivity contribution in [3.63, 3.8) is 0 Å². The van der Waals surface area contributed by atoms with Crippen LogP contribution in [0.5, 0.6) is 0 Å². The van der Waals surface area contributed by atoms with Crippen molar-refractivity contribution >= 4 is 29.9 Å². The molecule has 0 aromatic heterocycles. The van der Waals surface area contributed by atoms with Gasteiger partial charge in [-0.2, -0.15) is 0 Å². The minimum Gasteiger partial charge on any atom is -0.383 e. The average molecular weight is 488 g/mol. The maximum atomic E-state index is 5.18. The minimum absolute atomic E-state index is 0. The monoisotopic (exact) mass is 488 g/mol. The van der Waals surface area contributed by atoms with Crippen LogP contribution in [-0.4, -0.2) is 57.3 Å². The van der Waals surface area contributed by atoms with Crippen molar-refractivity contribution in [3.05, 3.63) is 34.9 Å². The van der Waals surface area contributed by atoms with E-state index in [0.29, 0.717) is 0 Å². The van der Waals surface area contributed by atoms with Crippen molar-refractivity contribution in [3.8, 4) is 0 Å². The predicted molar refractivity (Wildman–Crippen MR) is 125 cm³/mol. The van der Waals surface area contributed by atoms with E-state index in [-0.39, 0.29) is 24.0 Å². The Bertz CT molecular complexity index is 571. The Kier molecular flexibility index (Phi) is 11.9. The lowest BCUT2D eigenvalue weighted by Crippen LogP contribution is -2.43. The molecule has 1 saturated heterocycles. The zero-order chi connectivity index (χ0) is 18.8. The highest BCUT2D eigenvalue weighted by molar-refractivity contribution is 14.0. The van der Waals surface area contributed by atoms with Gasteiger partial charge in [-0.1, -0.05) is 23.8 Å². The largest absolute Gasteiger partial charge is 0.383 e. The van der Waals surface area contributed by atoms with Crippen LogP contribution in [0.3, 0.4) is 0 Å². The number of likely N-dealkylation sites (tertiary alicyclic amines) is 1. The third kappa shape index (κ3) is 8.79. The van der Waals surface area contributed by atoms with Gasteiger partial charge in [0.15, 0.2) is 5.96 Å². The fourth-order valence-corrected chi connectivity index (χ4v) is 3.40. The van der Waals surface area contributed by atoms with E-state index in [1.807, 2.05) is 0 Å². The van der Waals surface area contributed by atoms with Gasteiger partial charge in [0, 0.05) is 26.7 Å². The molecule has 1 fully saturated rings. The van der Waals surface area contributed by atoms with Crippen molar-refractivity contribution < 1.29 is 4.74 Å². The number of benzene rings is 1. The number of ether oxygens (including phenoxy) is 1. The van der Waals surface area contributed by atoms with E-state index in [4.69, 9.17) is 9.73 Å². The standard InChI is InChI=1S/C21H36N4O.HI/c1-5-22-21(24-16-20-7-6-17(2)14-18(20)3)23-15-19-8-10-25(11-9-19)12-13-26-4;/h6-7,14,19H,5,8-13,15-16H2,1-4H3,(H2,22,23,24);1H. The molecule has 1 aromatic rings. The first-order valence-corrected chi connectivity index (χ1v) is 9.92. The smallest absolute Gasteiger partial charge is 0.191 e. The third-order valence-electron chi connectivity index (χ3n) is 5.13. The second kappa shape index (κ2) is 13.3. The first-order valence-electron chi connectivity index (χ1n) is 9.92. The summed E-state index contributed by atoms with van der Waals surface area (Å²) < 4.78 is 5.18. The van der Waals surface area contributed by atoms with Crippen LogP contribution >= 0.6 is 24.0 Å². The minimum atomic E-state index is 0. The van der Waals surface area contributed by atoms with Crippen LogP contribution in [0.2, 0.25) is 0 Å². The number of hydrogen-bond acceptors (Lipinski definition) is 3. The van der Waals surface area contributed by atoms with Crippen molar-refractivity contribution in [2.75, 3.05) is 46.4 Å². The Labute approximate surface area is 182 Å². The number of rotatable bonds is 8. The molecular weight excluding hydrogens is 451 g/mol. The maximum absolute atomic E-state index is 5.18. The number of halogens is 1. The highest BCUT2D eigenvalue weighted by Gasteiger charge is 2.18. The van der Waals surface area contributed by atoms with Gasteiger partial charge in [-0.25, -0.2) is 4.99 Å². The van der Waals surface area contributed by atoms with Crippen molar-refractivity contribution in [2.45, 2.75) is 40.2 Å². The van der Waals surface area contributed by atoms with E-state index >= 15 is 0 Å². The molecule has 6 heteroatoms. The van der Waals surface area contributed by atoms with Crippen LogP contribution in [0.4, 0.5) is 0 Å². The Morgan fingerprint density at radius 1 is 1.22 bits per heavy atom. The molecule has 2 rings (SSSR count). The predicted octanol–water partition coefficient (Wildman–Crippen LogP) is 3.33. The quantitative estimate of drug-likeness (QED) is 0.335. The van der Waals surface area contributed by atoms with Crippen LogP contribution in [0, 0.1) is 19.8 Å². The van der Waals surface area contributed by atoms with Gasteiger partial charge in [-0.15, -0.1) is 24.0 Å². The number of hydrogen-bond donors (Lipinski definition) is 2. The summed E-state index contributed by atoms with van der Waals surface area (Å²) in [7, 11) is 1.77. The molecule has 2 N–H and O–H groups in total. The van der Waals surface area contributed by atoms with Gasteiger partial charge >= 0.3 is 0 Å². The topological polar surface area (TPSA) is 48.9 Å². The summed E-state index contributed by atoms with van der Waals surface area (Å²) in [5, 5.41) is 6.92. The molecule has 0 spiro atoms. The summed E-state index contributed by atoms with van der Waals surface area (Å²) >= 11 is 0. The number of piperidine rings is 1. The first-order chi connectivity index (χ1) is 12.6. The van der Waals surface area contributed by atoms with Crippen molar-refractivity contribution in [1.29, 1.82) is 0 Å². The molecule has 27 heavy (non-hydrogen) atoms. The molecule has 0 aliphatic carbocycles. The Balaban J connectivity index is 0.00000364. The zero-order valence-corrected chi connectivity index (χ0v) is 19.7. The van der Waals surface area contributed by atoms with Crippen molar-refractivity contribution in [1.82, 2.24) is 15.5 Å². The van der Waals surface area contributed by atoms with Gasteiger partial charge < -0.3 is 20.3 Å². The summed E-state index contributed by atoms with van der Waals surface area (Å²) in [5.41, 5.74) is 3.91. The average Bonchev–Trinajstić information content (AvgIpc) is 2.64. The molecule has 5 nitrogen and oxygen atoms in total. The van der Waals surface area contributed by atoms with E-state index in [1.165, 1.54) is 42.6 Å². The van der Waals surface area contributed by atoms with E-state index in [1.54, 1.807) is 7.11 Å². The lowest BCUT2D eigenvalue weighted by atomic mass is 9.97. The number of methoxy groups -OCH3 is 1. The summed E-state index contributed by atoms with van der Waals surface area (Å²) in [6.07, 6.45) is 2.49. The summed E-state index contributed by atoms with van der Waals surface area (Å²) in [5.74, 6) is 1.65. The van der Waals surface area contributed by atoms with E-state index in [2.05, 4.69) is 54.5 Å². The molecule has 0 radical (unpaired) electrons. The second-order valence-electron chi connectivity index (χ2n) is 7.28. The van der Waals surface area contributed by atoms with Gasteiger partial charge in [0.05, 0.1) is 13.2 Å². The normalized spacial score (nSPS) is 16.1. The molecule has 0 atom stereocenters. The second-order valence-corrected chi connectivity index (χ2v) is 7.28. The van der Waals surface area contributed by atoms with Gasteiger partial charge in [-0.05, 0) is 63.7 Å². The van der Waals surface area contributed by atoms with E-state index < -0.39 is 0 Å². The molecule has 1 aliphatic rings. The lowest BCUT2D eigenvalue weighted by Gasteiger charge is -2.32. The zero-order valence-electron chi connectivity index (χ0n) is 17.4. The van der Waals surface area contributed by atoms with Crippen LogP contribution in [0.15, 0.2) is 23.2 Å². The molecule has 1 aromatic carbocycles. The molecular formula is C21H37IN4O. The number of guanidine groups is 1. The summed E-state index contributed by atoms with van der Waals surface area (Å²) in [4.78, 5) is 7.28.